The van der Waals surface area contributed by atoms with Crippen LogP contribution in [0.2, 0.25) is 0 Å². The molecule has 1 amide bonds. The number of carbonyl (C=O) groups is 1. The van der Waals surface area contributed by atoms with E-state index in [1.807, 2.05) is 19.1 Å². The summed E-state index contributed by atoms with van der Waals surface area (Å²) < 4.78 is 0. The Balaban J connectivity index is 2.65. The van der Waals surface area contributed by atoms with Gasteiger partial charge in [0, 0.05) is 17.5 Å². The molecule has 0 radical (unpaired) electrons. The van der Waals surface area contributed by atoms with E-state index in [9.17, 15) is 4.79 Å². The van der Waals surface area contributed by atoms with Crippen LogP contribution >= 0.6 is 11.8 Å². The van der Waals surface area contributed by atoms with E-state index in [1.54, 1.807) is 17.8 Å². The maximum absolute atomic E-state index is 11.8. The zero-order valence-corrected chi connectivity index (χ0v) is 13.3. The largest absolute Gasteiger partial charge is 0.352 e. The summed E-state index contributed by atoms with van der Waals surface area (Å²) in [5.74, 6) is 0.0417. The van der Waals surface area contributed by atoms with Crippen molar-refractivity contribution in [2.24, 2.45) is 0 Å². The van der Waals surface area contributed by atoms with E-state index >= 15 is 0 Å². The Morgan fingerprint density at radius 3 is 2.85 bits per heavy atom. The Hall–Kier alpha value is -1.26. The van der Waals surface area contributed by atoms with Crippen LogP contribution in [0.4, 0.5) is 0 Å². The van der Waals surface area contributed by atoms with Crippen molar-refractivity contribution in [3.8, 4) is 0 Å². The highest BCUT2D eigenvalue weighted by Gasteiger charge is 2.14. The average Bonchev–Trinajstić information content (AvgIpc) is 2.45. The Morgan fingerprint density at radius 2 is 2.20 bits per heavy atom. The summed E-state index contributed by atoms with van der Waals surface area (Å²) in [6, 6.07) is 8.67. The van der Waals surface area contributed by atoms with E-state index in [1.165, 1.54) is 5.56 Å². The van der Waals surface area contributed by atoms with Gasteiger partial charge in [-0.15, -0.1) is 18.3 Å². The predicted octanol–water partition coefficient (Wildman–Crippen LogP) is 3.14. The molecule has 1 aromatic rings. The summed E-state index contributed by atoms with van der Waals surface area (Å²) in [6.45, 7) is 11.2. The summed E-state index contributed by atoms with van der Waals surface area (Å²) in [5.41, 5.74) is 1.25. The molecule has 0 saturated carbocycles. The number of hydrogen-bond acceptors (Lipinski definition) is 3. The third-order valence-electron chi connectivity index (χ3n) is 2.97. The fourth-order valence-electron chi connectivity index (χ4n) is 1.86. The van der Waals surface area contributed by atoms with Crippen molar-refractivity contribution in [1.29, 1.82) is 0 Å². The molecule has 0 spiro atoms. The van der Waals surface area contributed by atoms with Gasteiger partial charge < -0.3 is 10.6 Å². The van der Waals surface area contributed by atoms with Gasteiger partial charge in [0.05, 0.1) is 5.25 Å². The Morgan fingerprint density at radius 1 is 1.45 bits per heavy atom. The summed E-state index contributed by atoms with van der Waals surface area (Å²) in [4.78, 5) is 13.0. The maximum atomic E-state index is 11.8. The minimum absolute atomic E-state index is 0.0417. The second-order valence-corrected chi connectivity index (χ2v) is 6.06. The van der Waals surface area contributed by atoms with Crippen molar-refractivity contribution in [3.63, 3.8) is 0 Å². The summed E-state index contributed by atoms with van der Waals surface area (Å²) >= 11 is 1.58. The van der Waals surface area contributed by atoms with Crippen LogP contribution in [-0.4, -0.2) is 24.2 Å². The molecular formula is C16H24N2OS. The molecule has 4 heteroatoms. The number of benzene rings is 1. The number of amides is 1. The standard InChI is InChI=1S/C16H24N2OS/c1-5-10-18-16(19)13(4)20-15-9-7-8-14(11-15)12(3)17-6-2/h5,7-9,11-13,17H,1,6,10H2,2-4H3,(H,18,19). The van der Waals surface area contributed by atoms with E-state index in [0.29, 0.717) is 12.6 Å². The lowest BCUT2D eigenvalue weighted by Crippen LogP contribution is -2.30. The first-order chi connectivity index (χ1) is 9.58. The van der Waals surface area contributed by atoms with Gasteiger partial charge in [0.25, 0.3) is 0 Å². The normalized spacial score (nSPS) is 13.6. The van der Waals surface area contributed by atoms with Gasteiger partial charge in [-0.1, -0.05) is 25.1 Å². The van der Waals surface area contributed by atoms with E-state index in [0.717, 1.165) is 11.4 Å². The molecule has 110 valence electrons. The second-order valence-electron chi connectivity index (χ2n) is 4.65. The minimum atomic E-state index is -0.111. The molecule has 2 atom stereocenters. The molecular weight excluding hydrogens is 268 g/mol. The fraction of sp³-hybridized carbons (Fsp3) is 0.438. The first-order valence-corrected chi connectivity index (χ1v) is 7.85. The van der Waals surface area contributed by atoms with E-state index in [-0.39, 0.29) is 11.2 Å². The molecule has 0 bridgehead atoms. The van der Waals surface area contributed by atoms with Crippen molar-refractivity contribution in [2.75, 3.05) is 13.1 Å². The summed E-state index contributed by atoms with van der Waals surface area (Å²) in [6.07, 6.45) is 1.69. The molecule has 2 N–H and O–H groups in total. The van der Waals surface area contributed by atoms with Crippen molar-refractivity contribution in [3.05, 3.63) is 42.5 Å². The smallest absolute Gasteiger partial charge is 0.233 e. The van der Waals surface area contributed by atoms with E-state index < -0.39 is 0 Å². The fourth-order valence-corrected chi connectivity index (χ4v) is 2.82. The van der Waals surface area contributed by atoms with Crippen LogP contribution in [0.3, 0.4) is 0 Å². The Labute approximate surface area is 126 Å². The predicted molar refractivity (Wildman–Crippen MR) is 87.1 cm³/mol. The van der Waals surface area contributed by atoms with Crippen LogP contribution in [0.25, 0.3) is 0 Å². The lowest BCUT2D eigenvalue weighted by atomic mass is 10.1. The maximum Gasteiger partial charge on any atom is 0.233 e. The first-order valence-electron chi connectivity index (χ1n) is 6.97. The molecule has 0 fully saturated rings. The SMILES string of the molecule is C=CCNC(=O)C(C)Sc1cccc(C(C)NCC)c1. The molecule has 2 unspecified atom stereocenters. The average molecular weight is 292 g/mol. The van der Waals surface area contributed by atoms with Crippen LogP contribution in [-0.2, 0) is 4.79 Å². The zero-order valence-electron chi connectivity index (χ0n) is 12.5. The molecule has 1 aromatic carbocycles. The number of nitrogens with one attached hydrogen (secondary N) is 2. The molecule has 0 aliphatic rings. The van der Waals surface area contributed by atoms with Gasteiger partial charge in [0.2, 0.25) is 5.91 Å². The highest BCUT2D eigenvalue weighted by atomic mass is 32.2. The zero-order chi connectivity index (χ0) is 15.0. The second kappa shape index (κ2) is 8.82. The van der Waals surface area contributed by atoms with E-state index in [2.05, 4.69) is 43.2 Å². The van der Waals surface area contributed by atoms with Crippen molar-refractivity contribution in [2.45, 2.75) is 37.0 Å². The van der Waals surface area contributed by atoms with Crippen LogP contribution < -0.4 is 10.6 Å². The third-order valence-corrected chi connectivity index (χ3v) is 4.06. The molecule has 1 rings (SSSR count). The van der Waals surface area contributed by atoms with Crippen LogP contribution in [0.5, 0.6) is 0 Å². The molecule has 0 heterocycles. The topological polar surface area (TPSA) is 41.1 Å². The van der Waals surface area contributed by atoms with Gasteiger partial charge >= 0.3 is 0 Å². The van der Waals surface area contributed by atoms with Gasteiger partial charge in [-0.25, -0.2) is 0 Å². The quantitative estimate of drug-likeness (QED) is 0.571. The molecule has 0 aliphatic heterocycles. The Kier molecular flexibility index (Phi) is 7.41. The van der Waals surface area contributed by atoms with Crippen LogP contribution in [0, 0.1) is 0 Å². The molecule has 0 aromatic heterocycles. The van der Waals surface area contributed by atoms with Crippen LogP contribution in [0.15, 0.2) is 41.8 Å². The van der Waals surface area contributed by atoms with Gasteiger partial charge in [-0.3, -0.25) is 4.79 Å². The lowest BCUT2D eigenvalue weighted by molar-refractivity contribution is -0.120. The van der Waals surface area contributed by atoms with Crippen molar-refractivity contribution in [1.82, 2.24) is 10.6 Å². The molecule has 20 heavy (non-hydrogen) atoms. The number of hydrogen-bond donors (Lipinski definition) is 2. The number of rotatable bonds is 8. The van der Waals surface area contributed by atoms with Crippen molar-refractivity contribution >= 4 is 17.7 Å². The van der Waals surface area contributed by atoms with Crippen molar-refractivity contribution < 1.29 is 4.79 Å². The minimum Gasteiger partial charge on any atom is -0.352 e. The molecule has 0 aliphatic carbocycles. The highest BCUT2D eigenvalue weighted by molar-refractivity contribution is 8.00. The summed E-state index contributed by atoms with van der Waals surface area (Å²) in [7, 11) is 0. The Bertz CT molecular complexity index is 448. The van der Waals surface area contributed by atoms with Gasteiger partial charge in [0.1, 0.15) is 0 Å². The number of thioether (sulfide) groups is 1. The highest BCUT2D eigenvalue weighted by Crippen LogP contribution is 2.26. The summed E-state index contributed by atoms with van der Waals surface area (Å²) in [5, 5.41) is 6.10. The van der Waals surface area contributed by atoms with Gasteiger partial charge in [-0.2, -0.15) is 0 Å². The monoisotopic (exact) mass is 292 g/mol. The van der Waals surface area contributed by atoms with Gasteiger partial charge in [0.15, 0.2) is 0 Å². The molecule has 0 saturated heterocycles. The van der Waals surface area contributed by atoms with E-state index in [4.69, 9.17) is 0 Å². The lowest BCUT2D eigenvalue weighted by Gasteiger charge is -2.15. The van der Waals surface area contributed by atoms with Gasteiger partial charge in [-0.05, 0) is 38.1 Å². The number of carbonyl (C=O) groups excluding carboxylic acids is 1. The first kappa shape index (κ1) is 16.8. The van der Waals surface area contributed by atoms with Crippen LogP contribution in [0.1, 0.15) is 32.4 Å². The molecule has 3 nitrogen and oxygen atoms in total. The third kappa shape index (κ3) is 5.39.